The van der Waals surface area contributed by atoms with Crippen LogP contribution in [0, 0.1) is 16.6 Å². The van der Waals surface area contributed by atoms with Gasteiger partial charge in [0.2, 0.25) is 10.7 Å². The van der Waals surface area contributed by atoms with Crippen LogP contribution in [0.2, 0.25) is 0 Å². The summed E-state index contributed by atoms with van der Waals surface area (Å²) in [5.74, 6) is 1.56. The maximum Gasteiger partial charge on any atom is 0.223 e. The van der Waals surface area contributed by atoms with Gasteiger partial charge in [-0.15, -0.1) is 0 Å². The summed E-state index contributed by atoms with van der Waals surface area (Å²) < 4.78 is 2.48. The summed E-state index contributed by atoms with van der Waals surface area (Å²) in [7, 11) is 0. The number of carbonyl (C=O) groups is 1. The molecule has 1 atom stereocenters. The summed E-state index contributed by atoms with van der Waals surface area (Å²) in [5.41, 5.74) is 2.35. The van der Waals surface area contributed by atoms with Crippen LogP contribution >= 0.6 is 12.2 Å². The molecule has 2 aromatic rings. The highest BCUT2D eigenvalue weighted by molar-refractivity contribution is 7.71. The number of aryl methyl sites for hydroxylation is 1. The number of likely N-dealkylation sites (tertiary alicyclic amines) is 1. The zero-order chi connectivity index (χ0) is 21.0. The van der Waals surface area contributed by atoms with Crippen LogP contribution in [-0.2, 0) is 17.9 Å². The number of hydrogen-bond donors (Lipinski definition) is 2. The molecule has 2 heterocycles. The first-order valence-electron chi connectivity index (χ1n) is 10.7. The Bertz CT molecular complexity index is 862. The first-order valence-corrected chi connectivity index (χ1v) is 11.1. The number of nitrogens with one attached hydrogen (secondary N) is 2. The molecule has 1 aromatic carbocycles. The molecule has 158 valence electrons. The number of piperidine rings is 1. The number of amides is 1. The van der Waals surface area contributed by atoms with Gasteiger partial charge in [0.25, 0.3) is 0 Å². The number of H-pyrrole nitrogens is 1. The van der Waals surface area contributed by atoms with Gasteiger partial charge < -0.3 is 5.32 Å². The van der Waals surface area contributed by atoms with Gasteiger partial charge in [0.05, 0.1) is 6.67 Å². The van der Waals surface area contributed by atoms with E-state index in [-0.39, 0.29) is 17.9 Å². The summed E-state index contributed by atoms with van der Waals surface area (Å²) in [6.07, 6.45) is 2.78. The van der Waals surface area contributed by atoms with Crippen LogP contribution in [0.25, 0.3) is 11.4 Å². The molecule has 1 saturated heterocycles. The molecule has 0 spiro atoms. The summed E-state index contributed by atoms with van der Waals surface area (Å²) in [6, 6.07) is 8.63. The predicted molar refractivity (Wildman–Crippen MR) is 119 cm³/mol. The molecule has 1 unspecified atom stereocenters. The Morgan fingerprint density at radius 1 is 1.24 bits per heavy atom. The van der Waals surface area contributed by atoms with Gasteiger partial charge in [0.1, 0.15) is 0 Å². The maximum absolute atomic E-state index is 12.5. The number of benzene rings is 1. The van der Waals surface area contributed by atoms with E-state index < -0.39 is 0 Å². The molecule has 1 aliphatic heterocycles. The average Bonchev–Trinajstić information content (AvgIpc) is 3.08. The lowest BCUT2D eigenvalue weighted by atomic mass is 9.95. The molecule has 6 nitrogen and oxygen atoms in total. The van der Waals surface area contributed by atoms with Crippen LogP contribution < -0.4 is 5.32 Å². The SMILES string of the molecule is CCc1ccc(-c2nc(=S)n(CN3CCC(C(=O)NC(C)C(C)C)CC3)[nH]2)cc1. The molecule has 1 amide bonds. The van der Waals surface area contributed by atoms with Crippen molar-refractivity contribution >= 4 is 18.1 Å². The summed E-state index contributed by atoms with van der Waals surface area (Å²) in [6.45, 7) is 10.9. The molecule has 0 saturated carbocycles. The van der Waals surface area contributed by atoms with Gasteiger partial charge in [-0.3, -0.25) is 14.8 Å². The molecule has 1 aromatic heterocycles. The Kier molecular flexibility index (Phi) is 7.24. The molecule has 0 bridgehead atoms. The normalized spacial score (nSPS) is 16.9. The van der Waals surface area contributed by atoms with E-state index in [1.807, 2.05) is 4.68 Å². The van der Waals surface area contributed by atoms with Crippen molar-refractivity contribution in [1.82, 2.24) is 25.0 Å². The molecule has 29 heavy (non-hydrogen) atoms. The van der Waals surface area contributed by atoms with E-state index in [9.17, 15) is 4.79 Å². The number of rotatable bonds is 7. The average molecular weight is 416 g/mol. The zero-order valence-corrected chi connectivity index (χ0v) is 18.8. The predicted octanol–water partition coefficient (Wildman–Crippen LogP) is 4.00. The highest BCUT2D eigenvalue weighted by Gasteiger charge is 2.26. The van der Waals surface area contributed by atoms with Crippen molar-refractivity contribution in [3.63, 3.8) is 0 Å². The van der Waals surface area contributed by atoms with Gasteiger partial charge in [-0.2, -0.15) is 4.98 Å². The minimum atomic E-state index is 0.106. The third-order valence-electron chi connectivity index (χ3n) is 5.98. The number of hydrogen-bond acceptors (Lipinski definition) is 4. The Hall–Kier alpha value is -1.99. The molecule has 2 N–H and O–H groups in total. The van der Waals surface area contributed by atoms with Crippen LogP contribution in [0.5, 0.6) is 0 Å². The first kappa shape index (κ1) is 21.7. The summed E-state index contributed by atoms with van der Waals surface area (Å²) in [4.78, 5) is 19.3. The molecule has 7 heteroatoms. The second-order valence-corrected chi connectivity index (χ2v) is 8.77. The van der Waals surface area contributed by atoms with Crippen molar-refractivity contribution in [2.75, 3.05) is 13.1 Å². The zero-order valence-electron chi connectivity index (χ0n) is 17.9. The van der Waals surface area contributed by atoms with Crippen LogP contribution in [0.3, 0.4) is 0 Å². The standard InChI is InChI=1S/C22H33N5OS/c1-5-17-6-8-18(9-7-17)20-24-22(29)27(25-20)14-26-12-10-19(11-13-26)21(28)23-16(4)15(2)3/h6-9,15-16,19H,5,10-14H2,1-4H3,(H,23,28)(H,24,25,29). The largest absolute Gasteiger partial charge is 0.353 e. The van der Waals surface area contributed by atoms with Crippen molar-refractivity contribution in [2.24, 2.45) is 11.8 Å². The van der Waals surface area contributed by atoms with Crippen LogP contribution in [0.1, 0.15) is 46.1 Å². The molecule has 1 fully saturated rings. The fourth-order valence-corrected chi connectivity index (χ4v) is 3.72. The smallest absolute Gasteiger partial charge is 0.223 e. The monoisotopic (exact) mass is 415 g/mol. The maximum atomic E-state index is 12.5. The lowest BCUT2D eigenvalue weighted by Crippen LogP contribution is -2.44. The highest BCUT2D eigenvalue weighted by Crippen LogP contribution is 2.20. The van der Waals surface area contributed by atoms with E-state index in [1.54, 1.807) is 0 Å². The van der Waals surface area contributed by atoms with Crippen LogP contribution in [0.4, 0.5) is 0 Å². The molecule has 3 rings (SSSR count). The molecule has 0 aliphatic carbocycles. The summed E-state index contributed by atoms with van der Waals surface area (Å²) >= 11 is 5.46. The van der Waals surface area contributed by atoms with Gasteiger partial charge in [0, 0.05) is 30.6 Å². The Morgan fingerprint density at radius 3 is 2.48 bits per heavy atom. The molecule has 1 aliphatic rings. The molecule has 0 radical (unpaired) electrons. The second-order valence-electron chi connectivity index (χ2n) is 8.41. The Labute approximate surface area is 178 Å². The topological polar surface area (TPSA) is 66.0 Å². The fourth-order valence-electron chi connectivity index (χ4n) is 3.53. The number of aromatic nitrogens is 3. The van der Waals surface area contributed by atoms with E-state index >= 15 is 0 Å². The van der Waals surface area contributed by atoms with E-state index in [2.05, 4.69) is 72.3 Å². The van der Waals surface area contributed by atoms with Crippen molar-refractivity contribution in [3.05, 3.63) is 34.6 Å². The lowest BCUT2D eigenvalue weighted by Gasteiger charge is -2.32. The van der Waals surface area contributed by atoms with E-state index in [1.165, 1.54) is 5.56 Å². The van der Waals surface area contributed by atoms with Crippen molar-refractivity contribution in [3.8, 4) is 11.4 Å². The van der Waals surface area contributed by atoms with Crippen LogP contribution in [-0.4, -0.2) is 44.7 Å². The van der Waals surface area contributed by atoms with Crippen molar-refractivity contribution < 1.29 is 4.79 Å². The third kappa shape index (κ3) is 5.54. The van der Waals surface area contributed by atoms with Crippen molar-refractivity contribution in [1.29, 1.82) is 0 Å². The van der Waals surface area contributed by atoms with E-state index in [0.717, 1.165) is 43.7 Å². The second kappa shape index (κ2) is 9.67. The third-order valence-corrected chi connectivity index (χ3v) is 6.30. The minimum Gasteiger partial charge on any atom is -0.353 e. The quantitative estimate of drug-likeness (QED) is 0.671. The van der Waals surface area contributed by atoms with E-state index in [0.29, 0.717) is 17.4 Å². The fraction of sp³-hybridized carbons (Fsp3) is 0.591. The van der Waals surface area contributed by atoms with Crippen LogP contribution in [0.15, 0.2) is 24.3 Å². The van der Waals surface area contributed by atoms with Gasteiger partial charge in [-0.05, 0) is 49.9 Å². The molecular formula is C22H33N5OS. The van der Waals surface area contributed by atoms with Gasteiger partial charge in [-0.25, -0.2) is 4.68 Å². The van der Waals surface area contributed by atoms with E-state index in [4.69, 9.17) is 12.2 Å². The Balaban J connectivity index is 1.56. The van der Waals surface area contributed by atoms with Gasteiger partial charge in [0.15, 0.2) is 5.82 Å². The van der Waals surface area contributed by atoms with Crippen molar-refractivity contribution in [2.45, 2.75) is 59.7 Å². The summed E-state index contributed by atoms with van der Waals surface area (Å²) in [5, 5.41) is 6.49. The number of nitrogens with zero attached hydrogens (tertiary/aromatic N) is 3. The molecular weight excluding hydrogens is 382 g/mol. The van der Waals surface area contributed by atoms with Gasteiger partial charge >= 0.3 is 0 Å². The van der Waals surface area contributed by atoms with Gasteiger partial charge in [-0.1, -0.05) is 45.0 Å². The minimum absolute atomic E-state index is 0.106. The Morgan fingerprint density at radius 2 is 1.90 bits per heavy atom. The lowest BCUT2D eigenvalue weighted by molar-refractivity contribution is -0.127. The first-order chi connectivity index (χ1) is 13.9. The highest BCUT2D eigenvalue weighted by atomic mass is 32.1. The number of carbonyl (C=O) groups excluding carboxylic acids is 1. The number of aromatic amines is 1.